The third kappa shape index (κ3) is 1.61. The van der Waals surface area contributed by atoms with Crippen LogP contribution in [0, 0.1) is 0 Å². The molecule has 0 amide bonds. The van der Waals surface area contributed by atoms with E-state index in [0.717, 1.165) is 5.56 Å². The van der Waals surface area contributed by atoms with Crippen LogP contribution in [-0.4, -0.2) is 11.1 Å². The zero-order valence-corrected chi connectivity index (χ0v) is 8.43. The van der Waals surface area contributed by atoms with Gasteiger partial charge in [0.15, 0.2) is 0 Å². The maximum atomic E-state index is 11.5. The molecule has 0 bridgehead atoms. The van der Waals surface area contributed by atoms with Gasteiger partial charge in [-0.3, -0.25) is 4.79 Å². The van der Waals surface area contributed by atoms with E-state index in [1.807, 2.05) is 13.0 Å². The Morgan fingerprint density at radius 2 is 2.27 bits per heavy atom. The molecular formula is C12H12O3. The summed E-state index contributed by atoms with van der Waals surface area (Å²) in [5, 5.41) is 9.73. The highest BCUT2D eigenvalue weighted by Crippen LogP contribution is 2.37. The fourth-order valence-corrected chi connectivity index (χ4v) is 1.71. The second-order valence-corrected chi connectivity index (χ2v) is 3.43. The largest absolute Gasteiger partial charge is 0.511 e. The number of carbonyl (C=O) groups is 1. The molecule has 1 heterocycles. The van der Waals surface area contributed by atoms with Crippen molar-refractivity contribution in [2.45, 2.75) is 19.3 Å². The van der Waals surface area contributed by atoms with E-state index in [1.165, 1.54) is 0 Å². The predicted molar refractivity (Wildman–Crippen MR) is 55.8 cm³/mol. The Labute approximate surface area is 88.0 Å². The summed E-state index contributed by atoms with van der Waals surface area (Å²) in [6.45, 7) is 1.91. The zero-order chi connectivity index (χ0) is 10.8. The Morgan fingerprint density at radius 1 is 1.53 bits per heavy atom. The summed E-state index contributed by atoms with van der Waals surface area (Å²) in [6, 6.07) is 7.15. The number of aliphatic hydroxyl groups excluding tert-OH is 1. The van der Waals surface area contributed by atoms with Crippen LogP contribution in [0.1, 0.15) is 24.8 Å². The maximum absolute atomic E-state index is 11.5. The molecule has 0 spiro atoms. The number of carbonyl (C=O) groups excluding carboxylic acids is 1. The van der Waals surface area contributed by atoms with Gasteiger partial charge < -0.3 is 9.84 Å². The Balaban J connectivity index is 2.42. The van der Waals surface area contributed by atoms with Gasteiger partial charge in [0.25, 0.3) is 0 Å². The van der Waals surface area contributed by atoms with Crippen LogP contribution in [-0.2, 0) is 4.79 Å². The number of hydrogen-bond acceptors (Lipinski definition) is 3. The first-order chi connectivity index (χ1) is 7.24. The second kappa shape index (κ2) is 3.77. The fraction of sp³-hybridized carbons (Fsp3) is 0.250. The normalized spacial score (nSPS) is 19.9. The Morgan fingerprint density at radius 3 is 3.00 bits per heavy atom. The van der Waals surface area contributed by atoms with Gasteiger partial charge in [-0.15, -0.1) is 0 Å². The highest BCUT2D eigenvalue weighted by Gasteiger charge is 2.35. The van der Waals surface area contributed by atoms with E-state index in [-0.39, 0.29) is 5.76 Å². The van der Waals surface area contributed by atoms with Gasteiger partial charge in [-0.1, -0.05) is 25.1 Å². The van der Waals surface area contributed by atoms with E-state index in [4.69, 9.17) is 4.74 Å². The minimum Gasteiger partial charge on any atom is -0.511 e. The molecular weight excluding hydrogens is 192 g/mol. The quantitative estimate of drug-likeness (QED) is 0.457. The van der Waals surface area contributed by atoms with Crippen molar-refractivity contribution < 1.29 is 14.6 Å². The lowest BCUT2D eigenvalue weighted by atomic mass is 9.98. The van der Waals surface area contributed by atoms with Crippen molar-refractivity contribution in [1.82, 2.24) is 0 Å². The first-order valence-electron chi connectivity index (χ1n) is 4.93. The van der Waals surface area contributed by atoms with Crippen LogP contribution in [0.5, 0.6) is 5.75 Å². The molecule has 1 aliphatic rings. The molecule has 0 saturated heterocycles. The van der Waals surface area contributed by atoms with Gasteiger partial charge in [0.05, 0.1) is 0 Å². The SMILES string of the molecule is CC/C=C(\O)C1C(=O)Oc2ccccc21. The smallest absolute Gasteiger partial charge is 0.326 e. The highest BCUT2D eigenvalue weighted by atomic mass is 16.5. The first-order valence-corrected chi connectivity index (χ1v) is 4.93. The summed E-state index contributed by atoms with van der Waals surface area (Å²) < 4.78 is 5.05. The van der Waals surface area contributed by atoms with Gasteiger partial charge in [0.2, 0.25) is 0 Å². The monoisotopic (exact) mass is 204 g/mol. The van der Waals surface area contributed by atoms with Gasteiger partial charge >= 0.3 is 5.97 Å². The highest BCUT2D eigenvalue weighted by molar-refractivity contribution is 5.88. The lowest BCUT2D eigenvalue weighted by Crippen LogP contribution is -2.12. The molecule has 1 N–H and O–H groups in total. The standard InChI is InChI=1S/C12H12O3/c1-2-5-9(13)11-8-6-3-4-7-10(8)15-12(11)14/h3-7,11,13H,2H2,1H3/b9-5-. The summed E-state index contributed by atoms with van der Waals surface area (Å²) >= 11 is 0. The average Bonchev–Trinajstić information content (AvgIpc) is 2.54. The van der Waals surface area contributed by atoms with Crippen molar-refractivity contribution in [2.75, 3.05) is 0 Å². The molecule has 3 heteroatoms. The molecule has 0 aromatic heterocycles. The summed E-state index contributed by atoms with van der Waals surface area (Å²) in [7, 11) is 0. The van der Waals surface area contributed by atoms with Crippen molar-refractivity contribution in [3.05, 3.63) is 41.7 Å². The number of fused-ring (bicyclic) bond motifs is 1. The van der Waals surface area contributed by atoms with Gasteiger partial charge in [0, 0.05) is 5.56 Å². The summed E-state index contributed by atoms with van der Waals surface area (Å²) in [4.78, 5) is 11.5. The Hall–Kier alpha value is -1.77. The van der Waals surface area contributed by atoms with Crippen LogP contribution in [0.2, 0.25) is 0 Å². The molecule has 3 nitrogen and oxygen atoms in total. The molecule has 0 radical (unpaired) electrons. The molecule has 1 aromatic carbocycles. The van der Waals surface area contributed by atoms with Gasteiger partial charge in [-0.2, -0.15) is 0 Å². The molecule has 15 heavy (non-hydrogen) atoms. The number of benzene rings is 1. The van der Waals surface area contributed by atoms with Crippen LogP contribution < -0.4 is 4.74 Å². The third-order valence-corrected chi connectivity index (χ3v) is 2.39. The lowest BCUT2D eigenvalue weighted by molar-refractivity contribution is -0.133. The van der Waals surface area contributed by atoms with Crippen molar-refractivity contribution in [3.8, 4) is 5.75 Å². The van der Waals surface area contributed by atoms with Gasteiger partial charge in [0.1, 0.15) is 17.4 Å². The number of ether oxygens (including phenoxy) is 1. The van der Waals surface area contributed by atoms with Crippen molar-refractivity contribution in [2.24, 2.45) is 0 Å². The van der Waals surface area contributed by atoms with E-state index in [0.29, 0.717) is 12.2 Å². The predicted octanol–water partition coefficient (Wildman–Crippen LogP) is 2.54. The van der Waals surface area contributed by atoms with Crippen LogP contribution in [0.4, 0.5) is 0 Å². The molecule has 1 atom stereocenters. The van der Waals surface area contributed by atoms with Gasteiger partial charge in [-0.05, 0) is 18.6 Å². The number of rotatable bonds is 2. The van der Waals surface area contributed by atoms with Crippen LogP contribution in [0.25, 0.3) is 0 Å². The first kappa shape index (κ1) is 9.77. The van der Waals surface area contributed by atoms with E-state index in [2.05, 4.69) is 0 Å². The minimum atomic E-state index is -0.638. The van der Waals surface area contributed by atoms with E-state index >= 15 is 0 Å². The molecule has 0 saturated carbocycles. The van der Waals surface area contributed by atoms with Crippen LogP contribution in [0.3, 0.4) is 0 Å². The number of allylic oxidation sites excluding steroid dienone is 1. The number of para-hydroxylation sites is 1. The summed E-state index contributed by atoms with van der Waals surface area (Å²) in [5.74, 6) is -0.421. The second-order valence-electron chi connectivity index (χ2n) is 3.43. The lowest BCUT2D eigenvalue weighted by Gasteiger charge is -2.05. The van der Waals surface area contributed by atoms with Crippen molar-refractivity contribution >= 4 is 5.97 Å². The van der Waals surface area contributed by atoms with Crippen LogP contribution >= 0.6 is 0 Å². The molecule has 1 unspecified atom stereocenters. The summed E-state index contributed by atoms with van der Waals surface area (Å²) in [5.41, 5.74) is 0.740. The number of hydrogen-bond donors (Lipinski definition) is 1. The Bertz CT molecular complexity index is 421. The van der Waals surface area contributed by atoms with Gasteiger partial charge in [-0.25, -0.2) is 0 Å². The van der Waals surface area contributed by atoms with E-state index in [9.17, 15) is 9.90 Å². The van der Waals surface area contributed by atoms with Crippen molar-refractivity contribution in [3.63, 3.8) is 0 Å². The van der Waals surface area contributed by atoms with E-state index < -0.39 is 11.9 Å². The van der Waals surface area contributed by atoms with Crippen LogP contribution in [0.15, 0.2) is 36.1 Å². The molecule has 0 fully saturated rings. The Kier molecular flexibility index (Phi) is 2.46. The molecule has 78 valence electrons. The maximum Gasteiger partial charge on any atom is 0.326 e. The minimum absolute atomic E-state index is 0.0763. The number of esters is 1. The average molecular weight is 204 g/mol. The number of aliphatic hydroxyl groups is 1. The molecule has 1 aromatic rings. The molecule has 1 aliphatic heterocycles. The van der Waals surface area contributed by atoms with Crippen molar-refractivity contribution in [1.29, 1.82) is 0 Å². The van der Waals surface area contributed by atoms with E-state index in [1.54, 1.807) is 24.3 Å². The topological polar surface area (TPSA) is 46.5 Å². The molecule has 0 aliphatic carbocycles. The third-order valence-electron chi connectivity index (χ3n) is 2.39. The molecule has 2 rings (SSSR count). The summed E-state index contributed by atoms with van der Waals surface area (Å²) in [6.07, 6.45) is 2.33. The zero-order valence-electron chi connectivity index (χ0n) is 8.43. The fourth-order valence-electron chi connectivity index (χ4n) is 1.71.